The van der Waals surface area contributed by atoms with Crippen molar-refractivity contribution in [1.29, 1.82) is 0 Å². The van der Waals surface area contributed by atoms with Crippen LogP contribution in [0.5, 0.6) is 0 Å². The maximum absolute atomic E-state index is 12.1. The molecule has 0 spiro atoms. The number of nitrogens with zero attached hydrogens (tertiary/aromatic N) is 4. The van der Waals surface area contributed by atoms with Crippen LogP contribution in [-0.4, -0.2) is 43.9 Å². The number of aryl methyl sites for hydroxylation is 1. The van der Waals surface area contributed by atoms with E-state index in [1.807, 2.05) is 28.9 Å². The molecular formula is C12H15N5O. The molecule has 1 fully saturated rings. The smallest absolute Gasteiger partial charge is 0.271 e. The van der Waals surface area contributed by atoms with Gasteiger partial charge in [-0.3, -0.25) is 14.6 Å². The second kappa shape index (κ2) is 4.29. The van der Waals surface area contributed by atoms with Crippen LogP contribution in [0.1, 0.15) is 28.5 Å². The highest BCUT2D eigenvalue weighted by molar-refractivity contribution is 5.92. The molecule has 1 unspecified atom stereocenters. The molecule has 1 saturated heterocycles. The van der Waals surface area contributed by atoms with Gasteiger partial charge in [0.1, 0.15) is 5.69 Å². The Morgan fingerprint density at radius 2 is 2.44 bits per heavy atom. The first kappa shape index (κ1) is 11.0. The van der Waals surface area contributed by atoms with Gasteiger partial charge in [-0.2, -0.15) is 10.2 Å². The number of likely N-dealkylation sites (tertiary alicyclic amines) is 1. The lowest BCUT2D eigenvalue weighted by molar-refractivity contribution is 0.0781. The molecule has 94 valence electrons. The SMILES string of the molecule is Cc1cnn(C2CCN(C(=O)c3ccn[nH]3)C2)c1. The second-order valence-corrected chi connectivity index (χ2v) is 4.66. The maximum Gasteiger partial charge on any atom is 0.271 e. The summed E-state index contributed by atoms with van der Waals surface area (Å²) >= 11 is 0. The number of amides is 1. The quantitative estimate of drug-likeness (QED) is 0.858. The Labute approximate surface area is 105 Å². The fourth-order valence-electron chi connectivity index (χ4n) is 2.32. The zero-order valence-corrected chi connectivity index (χ0v) is 10.2. The van der Waals surface area contributed by atoms with Crippen LogP contribution in [-0.2, 0) is 0 Å². The maximum atomic E-state index is 12.1. The van der Waals surface area contributed by atoms with E-state index in [9.17, 15) is 4.79 Å². The van der Waals surface area contributed by atoms with Gasteiger partial charge in [-0.1, -0.05) is 0 Å². The van der Waals surface area contributed by atoms with Gasteiger partial charge in [0.05, 0.1) is 12.2 Å². The Kier molecular flexibility index (Phi) is 2.62. The molecule has 6 heteroatoms. The summed E-state index contributed by atoms with van der Waals surface area (Å²) in [5.74, 6) is 0.0129. The first-order chi connectivity index (χ1) is 8.74. The van der Waals surface area contributed by atoms with E-state index < -0.39 is 0 Å². The number of hydrogen-bond donors (Lipinski definition) is 1. The Hall–Kier alpha value is -2.11. The number of carbonyl (C=O) groups excluding carboxylic acids is 1. The van der Waals surface area contributed by atoms with Gasteiger partial charge in [0.2, 0.25) is 0 Å². The summed E-state index contributed by atoms with van der Waals surface area (Å²) in [5.41, 5.74) is 1.70. The monoisotopic (exact) mass is 245 g/mol. The largest absolute Gasteiger partial charge is 0.335 e. The van der Waals surface area contributed by atoms with Gasteiger partial charge in [0.25, 0.3) is 5.91 Å². The Bertz CT molecular complexity index is 545. The van der Waals surface area contributed by atoms with Crippen molar-refractivity contribution in [1.82, 2.24) is 24.9 Å². The van der Waals surface area contributed by atoms with E-state index in [1.54, 1.807) is 12.3 Å². The van der Waals surface area contributed by atoms with Crippen LogP contribution in [0.25, 0.3) is 0 Å². The van der Waals surface area contributed by atoms with Gasteiger partial charge < -0.3 is 4.90 Å². The van der Waals surface area contributed by atoms with E-state index in [0.29, 0.717) is 12.2 Å². The molecule has 1 aliphatic rings. The minimum Gasteiger partial charge on any atom is -0.335 e. The minimum absolute atomic E-state index is 0.0129. The van der Waals surface area contributed by atoms with Crippen molar-refractivity contribution in [3.8, 4) is 0 Å². The van der Waals surface area contributed by atoms with Crippen LogP contribution in [0.15, 0.2) is 24.7 Å². The second-order valence-electron chi connectivity index (χ2n) is 4.66. The van der Waals surface area contributed by atoms with Crippen molar-refractivity contribution in [3.05, 3.63) is 35.9 Å². The number of carbonyl (C=O) groups is 1. The third-order valence-electron chi connectivity index (χ3n) is 3.29. The fraction of sp³-hybridized carbons (Fsp3) is 0.417. The number of H-pyrrole nitrogens is 1. The Morgan fingerprint density at radius 1 is 1.56 bits per heavy atom. The third kappa shape index (κ3) is 1.90. The molecule has 1 atom stereocenters. The summed E-state index contributed by atoms with van der Waals surface area (Å²) in [4.78, 5) is 14.0. The molecular weight excluding hydrogens is 230 g/mol. The van der Waals surface area contributed by atoms with E-state index in [4.69, 9.17) is 0 Å². The fourth-order valence-corrected chi connectivity index (χ4v) is 2.32. The molecule has 1 aliphatic heterocycles. The summed E-state index contributed by atoms with van der Waals surface area (Å²) in [6.07, 6.45) is 6.41. The first-order valence-corrected chi connectivity index (χ1v) is 6.03. The number of aromatic amines is 1. The lowest BCUT2D eigenvalue weighted by Gasteiger charge is -2.15. The van der Waals surface area contributed by atoms with E-state index in [-0.39, 0.29) is 11.9 Å². The lowest BCUT2D eigenvalue weighted by atomic mass is 10.3. The van der Waals surface area contributed by atoms with Crippen LogP contribution >= 0.6 is 0 Å². The molecule has 6 nitrogen and oxygen atoms in total. The Balaban J connectivity index is 1.70. The van der Waals surface area contributed by atoms with Gasteiger partial charge in [0.15, 0.2) is 0 Å². The molecule has 0 bridgehead atoms. The minimum atomic E-state index is 0.0129. The topological polar surface area (TPSA) is 66.8 Å². The third-order valence-corrected chi connectivity index (χ3v) is 3.29. The van der Waals surface area contributed by atoms with E-state index in [2.05, 4.69) is 15.3 Å². The summed E-state index contributed by atoms with van der Waals surface area (Å²) in [6.45, 7) is 3.49. The predicted octanol–water partition coefficient (Wildman–Crippen LogP) is 1.00. The van der Waals surface area contributed by atoms with Crippen molar-refractivity contribution >= 4 is 5.91 Å². The van der Waals surface area contributed by atoms with Crippen LogP contribution < -0.4 is 0 Å². The summed E-state index contributed by atoms with van der Waals surface area (Å²) in [6, 6.07) is 1.99. The molecule has 0 aromatic carbocycles. The number of aromatic nitrogens is 4. The standard InChI is InChI=1S/C12H15N5O/c1-9-6-14-17(7-9)10-3-5-16(8-10)12(18)11-2-4-13-15-11/h2,4,6-7,10H,3,5,8H2,1H3,(H,13,15). The zero-order chi connectivity index (χ0) is 12.5. The van der Waals surface area contributed by atoms with Crippen LogP contribution in [0.3, 0.4) is 0 Å². The summed E-state index contributed by atoms with van der Waals surface area (Å²) in [5, 5.41) is 10.8. The average molecular weight is 245 g/mol. The predicted molar refractivity (Wildman–Crippen MR) is 65.1 cm³/mol. The highest BCUT2D eigenvalue weighted by atomic mass is 16.2. The van der Waals surface area contributed by atoms with Crippen LogP contribution in [0, 0.1) is 6.92 Å². The van der Waals surface area contributed by atoms with Crippen molar-refractivity contribution in [2.75, 3.05) is 13.1 Å². The van der Waals surface area contributed by atoms with Crippen molar-refractivity contribution in [2.24, 2.45) is 0 Å². The molecule has 3 heterocycles. The highest BCUT2D eigenvalue weighted by Gasteiger charge is 2.28. The van der Waals surface area contributed by atoms with Crippen molar-refractivity contribution in [3.63, 3.8) is 0 Å². The molecule has 1 N–H and O–H groups in total. The van der Waals surface area contributed by atoms with E-state index >= 15 is 0 Å². The Morgan fingerprint density at radius 3 is 3.11 bits per heavy atom. The molecule has 18 heavy (non-hydrogen) atoms. The molecule has 2 aromatic heterocycles. The van der Waals surface area contributed by atoms with E-state index in [0.717, 1.165) is 18.5 Å². The average Bonchev–Trinajstić information content (AvgIpc) is 3.09. The first-order valence-electron chi connectivity index (χ1n) is 6.03. The molecule has 0 aliphatic carbocycles. The molecule has 1 amide bonds. The number of rotatable bonds is 2. The van der Waals surface area contributed by atoms with Gasteiger partial charge >= 0.3 is 0 Å². The summed E-state index contributed by atoms with van der Waals surface area (Å²) in [7, 11) is 0. The molecule has 2 aromatic rings. The normalized spacial score (nSPS) is 19.4. The number of hydrogen-bond acceptors (Lipinski definition) is 3. The zero-order valence-electron chi connectivity index (χ0n) is 10.2. The van der Waals surface area contributed by atoms with E-state index in [1.165, 1.54) is 0 Å². The number of nitrogens with one attached hydrogen (secondary N) is 1. The van der Waals surface area contributed by atoms with Gasteiger partial charge in [-0.05, 0) is 25.0 Å². The van der Waals surface area contributed by atoms with Crippen LogP contribution in [0.2, 0.25) is 0 Å². The lowest BCUT2D eigenvalue weighted by Crippen LogP contribution is -2.29. The van der Waals surface area contributed by atoms with Crippen LogP contribution in [0.4, 0.5) is 0 Å². The van der Waals surface area contributed by atoms with Gasteiger partial charge in [-0.25, -0.2) is 0 Å². The van der Waals surface area contributed by atoms with Gasteiger partial charge in [0, 0.05) is 25.5 Å². The molecule has 3 rings (SSSR count). The molecule has 0 radical (unpaired) electrons. The van der Waals surface area contributed by atoms with Gasteiger partial charge in [-0.15, -0.1) is 0 Å². The molecule has 0 saturated carbocycles. The highest BCUT2D eigenvalue weighted by Crippen LogP contribution is 2.22. The van der Waals surface area contributed by atoms with Crippen molar-refractivity contribution in [2.45, 2.75) is 19.4 Å². The summed E-state index contributed by atoms with van der Waals surface area (Å²) < 4.78 is 1.95. The van der Waals surface area contributed by atoms with Crippen molar-refractivity contribution < 1.29 is 4.79 Å².